The van der Waals surface area contributed by atoms with Crippen LogP contribution in [0.3, 0.4) is 0 Å². The third kappa shape index (κ3) is 3.89. The number of fused-ring (bicyclic) bond motifs is 1. The molecule has 0 spiro atoms. The molecule has 160 valence electrons. The van der Waals surface area contributed by atoms with Gasteiger partial charge >= 0.3 is 0 Å². The van der Waals surface area contributed by atoms with E-state index in [4.69, 9.17) is 0 Å². The number of hydrogen-bond donors (Lipinski definition) is 3. The maximum atomic E-state index is 13.1. The van der Waals surface area contributed by atoms with E-state index in [1.165, 1.54) is 12.8 Å². The van der Waals surface area contributed by atoms with Crippen molar-refractivity contribution in [2.24, 2.45) is 11.8 Å². The fourth-order valence-electron chi connectivity index (χ4n) is 4.75. The first kappa shape index (κ1) is 20.7. The summed E-state index contributed by atoms with van der Waals surface area (Å²) in [6, 6.07) is 4.31. The Morgan fingerprint density at radius 1 is 1.10 bits per heavy atom. The maximum Gasteiger partial charge on any atom is 0.262 e. The number of imide groups is 2. The number of nitrogens with zero attached hydrogens (tertiary/aromatic N) is 1. The van der Waals surface area contributed by atoms with Crippen LogP contribution in [0.2, 0.25) is 0 Å². The first-order valence-corrected chi connectivity index (χ1v) is 10.7. The molecule has 0 bridgehead atoms. The Kier molecular flexibility index (Phi) is 5.97. The average molecular weight is 412 g/mol. The summed E-state index contributed by atoms with van der Waals surface area (Å²) >= 11 is 0. The van der Waals surface area contributed by atoms with E-state index in [2.05, 4.69) is 22.9 Å². The highest BCUT2D eigenvalue weighted by molar-refractivity contribution is 6.24. The van der Waals surface area contributed by atoms with Crippen molar-refractivity contribution >= 4 is 23.6 Å². The Hall–Kier alpha value is -2.58. The standard InChI is InChI=1S/C22H28N4O4/c1-13(14-7-9-23-10-8-14)11-24-12-15-3-2-4-16-19(15)22(30)26(21(16)29)17-5-6-18(27)25-20(17)28/h2-4,13-14,17,23-24H,5-12H2,1H3,(H,25,27,28). The van der Waals surface area contributed by atoms with Gasteiger partial charge in [0.1, 0.15) is 6.04 Å². The van der Waals surface area contributed by atoms with Crippen LogP contribution in [0.4, 0.5) is 0 Å². The third-order valence-corrected chi connectivity index (χ3v) is 6.52. The highest BCUT2D eigenvalue weighted by Gasteiger charge is 2.45. The number of piperidine rings is 2. The molecule has 1 aromatic carbocycles. The van der Waals surface area contributed by atoms with Crippen LogP contribution in [0.15, 0.2) is 18.2 Å². The Labute approximate surface area is 175 Å². The summed E-state index contributed by atoms with van der Waals surface area (Å²) < 4.78 is 0. The molecule has 0 saturated carbocycles. The second-order valence-electron chi connectivity index (χ2n) is 8.48. The van der Waals surface area contributed by atoms with Gasteiger partial charge in [0, 0.05) is 13.0 Å². The summed E-state index contributed by atoms with van der Waals surface area (Å²) in [5.41, 5.74) is 1.46. The third-order valence-electron chi connectivity index (χ3n) is 6.52. The van der Waals surface area contributed by atoms with Gasteiger partial charge in [0.2, 0.25) is 11.8 Å². The molecule has 0 aromatic heterocycles. The normalized spacial score (nSPS) is 23.5. The summed E-state index contributed by atoms with van der Waals surface area (Å²) in [4.78, 5) is 50.7. The minimum Gasteiger partial charge on any atom is -0.317 e. The second-order valence-corrected chi connectivity index (χ2v) is 8.48. The number of carbonyl (C=O) groups excluding carboxylic acids is 4. The van der Waals surface area contributed by atoms with Crippen LogP contribution >= 0.6 is 0 Å². The molecule has 2 unspecified atom stereocenters. The Morgan fingerprint density at radius 2 is 1.87 bits per heavy atom. The van der Waals surface area contributed by atoms with Crippen molar-refractivity contribution in [2.75, 3.05) is 19.6 Å². The topological polar surface area (TPSA) is 108 Å². The molecule has 3 aliphatic heterocycles. The van der Waals surface area contributed by atoms with Crippen molar-refractivity contribution in [3.8, 4) is 0 Å². The Morgan fingerprint density at radius 3 is 2.60 bits per heavy atom. The van der Waals surface area contributed by atoms with Gasteiger partial charge in [-0.25, -0.2) is 0 Å². The van der Waals surface area contributed by atoms with E-state index in [9.17, 15) is 19.2 Å². The average Bonchev–Trinajstić information content (AvgIpc) is 3.00. The molecular formula is C22H28N4O4. The molecule has 0 aliphatic carbocycles. The summed E-state index contributed by atoms with van der Waals surface area (Å²) in [6.45, 7) is 5.70. The van der Waals surface area contributed by atoms with Crippen molar-refractivity contribution in [1.29, 1.82) is 0 Å². The fourth-order valence-corrected chi connectivity index (χ4v) is 4.75. The van der Waals surface area contributed by atoms with Gasteiger partial charge < -0.3 is 10.6 Å². The van der Waals surface area contributed by atoms with Gasteiger partial charge in [0.15, 0.2) is 0 Å². The number of carbonyl (C=O) groups is 4. The van der Waals surface area contributed by atoms with Crippen LogP contribution in [-0.2, 0) is 16.1 Å². The molecule has 3 heterocycles. The van der Waals surface area contributed by atoms with E-state index < -0.39 is 23.8 Å². The highest BCUT2D eigenvalue weighted by Crippen LogP contribution is 2.30. The molecule has 3 aliphatic rings. The monoisotopic (exact) mass is 412 g/mol. The van der Waals surface area contributed by atoms with Crippen molar-refractivity contribution in [1.82, 2.24) is 20.9 Å². The SMILES string of the molecule is CC(CNCc1cccc2c1C(=O)N(C1CCC(=O)NC1=O)C2=O)C1CCNCC1. The number of rotatable bonds is 6. The zero-order chi connectivity index (χ0) is 21.3. The predicted octanol–water partition coefficient (Wildman–Crippen LogP) is 0.813. The van der Waals surface area contributed by atoms with Crippen LogP contribution in [0.25, 0.3) is 0 Å². The second kappa shape index (κ2) is 8.65. The lowest BCUT2D eigenvalue weighted by Crippen LogP contribution is -2.54. The van der Waals surface area contributed by atoms with Crippen molar-refractivity contribution in [3.63, 3.8) is 0 Å². The fraction of sp³-hybridized carbons (Fsp3) is 0.545. The molecule has 1 aromatic rings. The molecule has 8 nitrogen and oxygen atoms in total. The van der Waals surface area contributed by atoms with Crippen molar-refractivity contribution in [3.05, 3.63) is 34.9 Å². The van der Waals surface area contributed by atoms with E-state index in [1.54, 1.807) is 12.1 Å². The van der Waals surface area contributed by atoms with Crippen LogP contribution in [0.1, 0.15) is 58.9 Å². The van der Waals surface area contributed by atoms with Crippen LogP contribution in [0.5, 0.6) is 0 Å². The number of amides is 4. The first-order valence-electron chi connectivity index (χ1n) is 10.7. The minimum absolute atomic E-state index is 0.118. The highest BCUT2D eigenvalue weighted by atomic mass is 16.2. The quantitative estimate of drug-likeness (QED) is 0.597. The smallest absolute Gasteiger partial charge is 0.262 e. The van der Waals surface area contributed by atoms with Crippen molar-refractivity contribution < 1.29 is 19.2 Å². The zero-order valence-corrected chi connectivity index (χ0v) is 17.2. The van der Waals surface area contributed by atoms with Crippen LogP contribution in [-0.4, -0.2) is 54.2 Å². The molecule has 8 heteroatoms. The van der Waals surface area contributed by atoms with Crippen molar-refractivity contribution in [2.45, 2.75) is 45.2 Å². The van der Waals surface area contributed by atoms with E-state index in [0.29, 0.717) is 29.5 Å². The van der Waals surface area contributed by atoms with Gasteiger partial charge in [0.05, 0.1) is 11.1 Å². The summed E-state index contributed by atoms with van der Waals surface area (Å²) in [6.07, 6.45) is 2.64. The lowest BCUT2D eigenvalue weighted by molar-refractivity contribution is -0.136. The number of benzene rings is 1. The van der Waals surface area contributed by atoms with E-state index >= 15 is 0 Å². The summed E-state index contributed by atoms with van der Waals surface area (Å²) in [7, 11) is 0. The summed E-state index contributed by atoms with van der Waals surface area (Å²) in [5.74, 6) is -0.660. The summed E-state index contributed by atoms with van der Waals surface area (Å²) in [5, 5.41) is 9.06. The Bertz CT molecular complexity index is 878. The Balaban J connectivity index is 1.45. The lowest BCUT2D eigenvalue weighted by Gasteiger charge is -2.28. The molecule has 2 saturated heterocycles. The van der Waals surface area contributed by atoms with Gasteiger partial charge in [0.25, 0.3) is 11.8 Å². The van der Waals surface area contributed by atoms with Crippen LogP contribution in [0, 0.1) is 11.8 Å². The molecule has 3 N–H and O–H groups in total. The predicted molar refractivity (Wildman–Crippen MR) is 110 cm³/mol. The molecule has 0 radical (unpaired) electrons. The molecule has 4 rings (SSSR count). The van der Waals surface area contributed by atoms with E-state index in [-0.39, 0.29) is 18.7 Å². The molecule has 4 amide bonds. The molecule has 30 heavy (non-hydrogen) atoms. The molecule has 2 fully saturated rings. The van der Waals surface area contributed by atoms with Gasteiger partial charge in [-0.2, -0.15) is 0 Å². The maximum absolute atomic E-state index is 13.1. The van der Waals surface area contributed by atoms with Gasteiger partial charge in [-0.05, 0) is 62.4 Å². The van der Waals surface area contributed by atoms with E-state index in [0.717, 1.165) is 30.1 Å². The van der Waals surface area contributed by atoms with Gasteiger partial charge in [-0.3, -0.25) is 29.4 Å². The molecule has 2 atom stereocenters. The first-order chi connectivity index (χ1) is 14.5. The van der Waals surface area contributed by atoms with Gasteiger partial charge in [-0.1, -0.05) is 19.1 Å². The number of hydrogen-bond acceptors (Lipinski definition) is 6. The minimum atomic E-state index is -0.934. The molecular weight excluding hydrogens is 384 g/mol. The van der Waals surface area contributed by atoms with E-state index in [1.807, 2.05) is 6.07 Å². The largest absolute Gasteiger partial charge is 0.317 e. The van der Waals surface area contributed by atoms with Crippen LogP contribution < -0.4 is 16.0 Å². The zero-order valence-electron chi connectivity index (χ0n) is 17.2. The lowest BCUT2D eigenvalue weighted by atomic mass is 9.86. The number of nitrogens with one attached hydrogen (secondary N) is 3. The van der Waals surface area contributed by atoms with Gasteiger partial charge in [-0.15, -0.1) is 0 Å².